The fourth-order valence-corrected chi connectivity index (χ4v) is 9.07. The van der Waals surface area contributed by atoms with Crippen molar-refractivity contribution in [1.29, 1.82) is 0 Å². The number of carbonyl (C=O) groups excluding carboxylic acids is 5. The van der Waals surface area contributed by atoms with Crippen molar-refractivity contribution >= 4 is 40.9 Å². The van der Waals surface area contributed by atoms with E-state index in [0.717, 1.165) is 45.1 Å². The van der Waals surface area contributed by atoms with Crippen molar-refractivity contribution in [3.8, 4) is 0 Å². The number of likely N-dealkylation sites (N-methyl/N-ethyl adjacent to an activating group) is 1. The SMILES string of the molecule is CCCC(NC(=O)[C@@H]1[C@@H]2C(CN1C(=O)[C@@H](NC(=O)N[C@H](CN1CCC[S+]1[O-])C(C)(C)C)C1CCCCC1)C2(C)C)C(=O)C(=O)NC. The molecule has 3 unspecified atom stereocenters. The predicted octanol–water partition coefficient (Wildman–Crippen LogP) is 2.10. The van der Waals surface area contributed by atoms with E-state index in [2.05, 4.69) is 35.1 Å². The van der Waals surface area contributed by atoms with E-state index in [0.29, 0.717) is 31.7 Å². The summed E-state index contributed by atoms with van der Waals surface area (Å²) in [6, 6.07) is -3.33. The molecule has 13 heteroatoms. The lowest BCUT2D eigenvalue weighted by Crippen LogP contribution is -2.61. The van der Waals surface area contributed by atoms with Crippen LogP contribution in [-0.2, 0) is 30.5 Å². The first-order valence-corrected chi connectivity index (χ1v) is 18.5. The average Bonchev–Trinajstić information content (AvgIpc) is 3.35. The van der Waals surface area contributed by atoms with E-state index in [1.54, 1.807) is 4.90 Å². The molecule has 0 bridgehead atoms. The molecule has 0 radical (unpaired) electrons. The summed E-state index contributed by atoms with van der Waals surface area (Å²) in [6.45, 7) is 13.7. The van der Waals surface area contributed by atoms with Gasteiger partial charge in [0, 0.05) is 37.9 Å². The number of carbonyl (C=O) groups is 5. The van der Waals surface area contributed by atoms with Crippen LogP contribution in [0.3, 0.4) is 0 Å². The zero-order valence-corrected chi connectivity index (χ0v) is 29.6. The van der Waals surface area contributed by atoms with Gasteiger partial charge in [-0.15, -0.1) is 4.31 Å². The number of amides is 5. The smallest absolute Gasteiger partial charge is 0.315 e. The number of hydrogen-bond donors (Lipinski definition) is 4. The molecular formula is C33H56N6O6S. The molecule has 260 valence electrons. The van der Waals surface area contributed by atoms with E-state index in [4.69, 9.17) is 0 Å². The highest BCUT2D eigenvalue weighted by atomic mass is 32.2. The molecule has 2 saturated heterocycles. The summed E-state index contributed by atoms with van der Waals surface area (Å²) in [5.41, 5.74) is -0.467. The number of nitrogens with one attached hydrogen (secondary N) is 4. The molecule has 2 saturated carbocycles. The van der Waals surface area contributed by atoms with Gasteiger partial charge in [0.1, 0.15) is 17.8 Å². The molecule has 4 aliphatic rings. The standard InChI is InChI=1S/C33H56N6O6S/c1-8-13-22(27(40)29(42)34-7)35-28(41)26-24-21(33(24,5)6)18-39(26)30(43)25(20-14-10-9-11-15-20)37-31(44)36-23(32(2,3)4)19-38-16-12-17-46(38)45/h20-26H,8-19H2,1-7H3,(H,34,42)(H,35,41)(H2,36,37,44)/t21?,22?,23-,24+,25+,26+,46?/m1/s1. The van der Waals surface area contributed by atoms with Gasteiger partial charge in [-0.1, -0.05) is 67.2 Å². The third kappa shape index (κ3) is 8.01. The molecule has 12 nitrogen and oxygen atoms in total. The molecule has 0 aromatic rings. The van der Waals surface area contributed by atoms with Gasteiger partial charge in [-0.2, -0.15) is 0 Å². The van der Waals surface area contributed by atoms with Crippen LogP contribution < -0.4 is 21.3 Å². The monoisotopic (exact) mass is 664 g/mol. The minimum absolute atomic E-state index is 0.0671. The number of likely N-dealkylation sites (tertiary alicyclic amines) is 1. The van der Waals surface area contributed by atoms with Gasteiger partial charge >= 0.3 is 6.03 Å². The number of nitrogens with zero attached hydrogens (tertiary/aromatic N) is 2. The lowest BCUT2D eigenvalue weighted by molar-refractivity contribution is -0.144. The molecule has 2 heterocycles. The second kappa shape index (κ2) is 14.8. The van der Waals surface area contributed by atoms with Crippen molar-refractivity contribution in [1.82, 2.24) is 30.5 Å². The number of hydrogen-bond acceptors (Lipinski definition) is 7. The quantitative estimate of drug-likeness (QED) is 0.183. The maximum atomic E-state index is 14.5. The summed E-state index contributed by atoms with van der Waals surface area (Å²) in [6.07, 6.45) is 6.36. The summed E-state index contributed by atoms with van der Waals surface area (Å²) >= 11 is -1.06. The largest absolute Gasteiger partial charge is 0.598 e. The highest BCUT2D eigenvalue weighted by molar-refractivity contribution is 7.89. The fraction of sp³-hybridized carbons (Fsp3) is 0.848. The number of rotatable bonds is 12. The molecule has 5 amide bonds. The Balaban J connectivity index is 1.54. The molecule has 7 atom stereocenters. The van der Waals surface area contributed by atoms with Gasteiger partial charge in [-0.3, -0.25) is 19.2 Å². The maximum absolute atomic E-state index is 14.5. The van der Waals surface area contributed by atoms with Crippen molar-refractivity contribution in [2.24, 2.45) is 28.6 Å². The molecule has 4 fully saturated rings. The van der Waals surface area contributed by atoms with Crippen LogP contribution in [0.25, 0.3) is 0 Å². The van der Waals surface area contributed by atoms with Crippen LogP contribution in [-0.4, -0.2) is 99.9 Å². The second-order valence-electron chi connectivity index (χ2n) is 15.4. The Kier molecular flexibility index (Phi) is 11.7. The van der Waals surface area contributed by atoms with Crippen LogP contribution in [0, 0.1) is 28.6 Å². The molecule has 4 rings (SSSR count). The molecule has 2 aliphatic heterocycles. The van der Waals surface area contributed by atoms with E-state index in [1.165, 1.54) is 7.05 Å². The van der Waals surface area contributed by atoms with Crippen LogP contribution >= 0.6 is 0 Å². The van der Waals surface area contributed by atoms with Gasteiger partial charge in [-0.05, 0) is 47.8 Å². The van der Waals surface area contributed by atoms with Gasteiger partial charge in [0.25, 0.3) is 5.91 Å². The topological polar surface area (TPSA) is 163 Å². The first kappa shape index (κ1) is 36.5. The molecule has 0 aromatic carbocycles. The lowest BCUT2D eigenvalue weighted by Gasteiger charge is -2.38. The Morgan fingerprint density at radius 2 is 1.67 bits per heavy atom. The minimum Gasteiger partial charge on any atom is -0.598 e. The van der Waals surface area contributed by atoms with E-state index in [9.17, 15) is 28.5 Å². The zero-order valence-electron chi connectivity index (χ0n) is 28.8. The van der Waals surface area contributed by atoms with Gasteiger partial charge < -0.3 is 30.7 Å². The summed E-state index contributed by atoms with van der Waals surface area (Å²) in [7, 11) is 1.38. The van der Waals surface area contributed by atoms with Crippen LogP contribution in [0.15, 0.2) is 0 Å². The average molecular weight is 665 g/mol. The van der Waals surface area contributed by atoms with E-state index in [1.807, 2.05) is 32.0 Å². The number of piperidine rings is 1. The summed E-state index contributed by atoms with van der Waals surface area (Å²) < 4.78 is 14.4. The van der Waals surface area contributed by atoms with Crippen molar-refractivity contribution in [3.05, 3.63) is 0 Å². The van der Waals surface area contributed by atoms with Gasteiger partial charge in [0.2, 0.25) is 17.6 Å². The zero-order chi connectivity index (χ0) is 34.0. The summed E-state index contributed by atoms with van der Waals surface area (Å²) in [5.74, 6) is -1.57. The number of ketones is 1. The number of fused-ring (bicyclic) bond motifs is 1. The second-order valence-corrected chi connectivity index (χ2v) is 16.9. The number of urea groups is 1. The van der Waals surface area contributed by atoms with Crippen LogP contribution in [0.4, 0.5) is 4.79 Å². The molecule has 4 N–H and O–H groups in total. The first-order chi connectivity index (χ1) is 21.6. The van der Waals surface area contributed by atoms with E-state index >= 15 is 0 Å². The third-order valence-corrected chi connectivity index (χ3v) is 12.4. The van der Waals surface area contributed by atoms with Crippen molar-refractivity contribution in [2.75, 3.05) is 32.4 Å². The van der Waals surface area contributed by atoms with Gasteiger partial charge in [0.15, 0.2) is 0 Å². The highest BCUT2D eigenvalue weighted by Crippen LogP contribution is 2.65. The normalized spacial score (nSPS) is 28.0. The Bertz CT molecular complexity index is 1150. The molecule has 0 aromatic heterocycles. The predicted molar refractivity (Wildman–Crippen MR) is 177 cm³/mol. The van der Waals surface area contributed by atoms with Crippen LogP contribution in [0.2, 0.25) is 0 Å². The van der Waals surface area contributed by atoms with E-state index in [-0.39, 0.29) is 40.5 Å². The molecule has 2 aliphatic carbocycles. The van der Waals surface area contributed by atoms with Crippen LogP contribution in [0.1, 0.15) is 92.9 Å². The van der Waals surface area contributed by atoms with E-state index < -0.39 is 53.1 Å². The third-order valence-electron chi connectivity index (χ3n) is 10.8. The minimum atomic E-state index is -1.06. The van der Waals surface area contributed by atoms with Crippen molar-refractivity contribution in [3.63, 3.8) is 0 Å². The molecule has 0 spiro atoms. The lowest BCUT2D eigenvalue weighted by atomic mass is 9.83. The summed E-state index contributed by atoms with van der Waals surface area (Å²) in [4.78, 5) is 68.7. The first-order valence-electron chi connectivity index (χ1n) is 17.2. The Labute approximate surface area is 277 Å². The summed E-state index contributed by atoms with van der Waals surface area (Å²) in [5, 5.41) is 11.3. The van der Waals surface area contributed by atoms with Crippen molar-refractivity contribution < 1.29 is 28.5 Å². The van der Waals surface area contributed by atoms with Crippen molar-refractivity contribution in [2.45, 2.75) is 117 Å². The molecule has 46 heavy (non-hydrogen) atoms. The number of Topliss-reactive ketones (excluding diaryl/α,β-unsaturated/α-hetero) is 1. The maximum Gasteiger partial charge on any atom is 0.315 e. The Morgan fingerprint density at radius 3 is 2.24 bits per heavy atom. The van der Waals surface area contributed by atoms with Crippen LogP contribution in [0.5, 0.6) is 0 Å². The Hall–Kier alpha value is -2.38. The van der Waals surface area contributed by atoms with Gasteiger partial charge in [0.05, 0.1) is 18.6 Å². The fourth-order valence-electron chi connectivity index (χ4n) is 7.79. The highest BCUT2D eigenvalue weighted by Gasteiger charge is 2.69. The molecular weight excluding hydrogens is 608 g/mol. The Morgan fingerprint density at radius 1 is 1.00 bits per heavy atom. The van der Waals surface area contributed by atoms with Gasteiger partial charge in [-0.25, -0.2) is 4.79 Å².